The van der Waals surface area contributed by atoms with Crippen LogP contribution in [0.25, 0.3) is 0 Å². The molecule has 8 nitrogen and oxygen atoms in total. The zero-order chi connectivity index (χ0) is 31.8. The van der Waals surface area contributed by atoms with Gasteiger partial charge in [0.25, 0.3) is 11.8 Å². The lowest BCUT2D eigenvalue weighted by atomic mass is 9.94. The highest BCUT2D eigenvalue weighted by molar-refractivity contribution is 6.34. The van der Waals surface area contributed by atoms with Gasteiger partial charge >= 0.3 is 5.92 Å². The number of amides is 3. The van der Waals surface area contributed by atoms with E-state index in [1.54, 1.807) is 13.8 Å². The molecule has 0 saturated carbocycles. The highest BCUT2D eigenvalue weighted by Gasteiger charge is 2.51. The summed E-state index contributed by atoms with van der Waals surface area (Å²) in [5, 5.41) is 6.97. The number of ketones is 1. The predicted molar refractivity (Wildman–Crippen MR) is 149 cm³/mol. The highest BCUT2D eigenvalue weighted by Crippen LogP contribution is 2.24. The fourth-order valence-electron chi connectivity index (χ4n) is 3.61. The Balaban J connectivity index is 2.26. The summed E-state index contributed by atoms with van der Waals surface area (Å²) in [6.45, 7) is 5.35. The van der Waals surface area contributed by atoms with Crippen molar-refractivity contribution in [2.75, 3.05) is 13.2 Å². The van der Waals surface area contributed by atoms with Gasteiger partial charge in [0, 0.05) is 23.0 Å². The molecule has 2 aromatic carbocycles. The highest BCUT2D eigenvalue weighted by atomic mass is 35.5. The van der Waals surface area contributed by atoms with E-state index >= 15 is 0 Å². The second-order valence-electron chi connectivity index (χ2n) is 10.2. The maximum absolute atomic E-state index is 14.8. The third kappa shape index (κ3) is 10.2. The maximum Gasteiger partial charge on any atom is 0.383 e. The quantitative estimate of drug-likeness (QED) is 0.209. The summed E-state index contributed by atoms with van der Waals surface area (Å²) in [7, 11) is 0. The van der Waals surface area contributed by atoms with Crippen molar-refractivity contribution in [2.45, 2.75) is 52.1 Å². The van der Waals surface area contributed by atoms with Gasteiger partial charge in [0.2, 0.25) is 11.7 Å². The largest absolute Gasteiger partial charge is 0.484 e. The summed E-state index contributed by atoms with van der Waals surface area (Å²) in [6.07, 6.45) is -0.415. The van der Waals surface area contributed by atoms with Gasteiger partial charge in [0.05, 0.1) is 6.04 Å². The molecule has 2 rings (SSSR count). The minimum absolute atomic E-state index is 0.0720. The summed E-state index contributed by atoms with van der Waals surface area (Å²) in [4.78, 5) is 50.8. The van der Waals surface area contributed by atoms with Gasteiger partial charge in [-0.05, 0) is 47.7 Å². The van der Waals surface area contributed by atoms with Crippen molar-refractivity contribution in [3.8, 4) is 5.75 Å². The van der Waals surface area contributed by atoms with Crippen LogP contribution >= 0.6 is 23.2 Å². The number of benzene rings is 2. The number of carbonyl (C=O) groups excluding carboxylic acids is 4. The van der Waals surface area contributed by atoms with Crippen molar-refractivity contribution in [3.63, 3.8) is 0 Å². The minimum atomic E-state index is -4.47. The average Bonchev–Trinajstić information content (AvgIpc) is 2.89. The molecule has 2 atom stereocenters. The Labute approximate surface area is 250 Å². The number of halogens is 6. The molecule has 14 heteroatoms. The molecule has 0 aliphatic carbocycles. The summed E-state index contributed by atoms with van der Waals surface area (Å²) in [5.74, 6) is -13.4. The van der Waals surface area contributed by atoms with E-state index in [0.717, 1.165) is 18.2 Å². The first kappa shape index (κ1) is 34.8. The summed E-state index contributed by atoms with van der Waals surface area (Å²) >= 11 is 11.8. The third-order valence-electron chi connectivity index (χ3n) is 5.79. The van der Waals surface area contributed by atoms with Crippen LogP contribution in [0.15, 0.2) is 36.4 Å². The number of hydrogen-bond donors (Lipinski definition) is 3. The van der Waals surface area contributed by atoms with Crippen molar-refractivity contribution in [1.29, 1.82) is 0 Å². The van der Waals surface area contributed by atoms with E-state index in [1.165, 1.54) is 32.0 Å². The molecular weight excluding hydrogens is 605 g/mol. The van der Waals surface area contributed by atoms with Crippen LogP contribution in [0.1, 0.15) is 33.3 Å². The second kappa shape index (κ2) is 15.2. The summed E-state index contributed by atoms with van der Waals surface area (Å²) in [5.41, 5.74) is 0.0720. The molecule has 2 aromatic rings. The first-order chi connectivity index (χ1) is 19.5. The van der Waals surface area contributed by atoms with Crippen LogP contribution in [0.5, 0.6) is 5.75 Å². The summed E-state index contributed by atoms with van der Waals surface area (Å²) in [6, 6.07) is 3.56. The van der Waals surface area contributed by atoms with E-state index in [9.17, 15) is 36.7 Å². The van der Waals surface area contributed by atoms with Crippen LogP contribution in [0.2, 0.25) is 10.0 Å². The monoisotopic (exact) mass is 635 g/mol. The number of carbonyl (C=O) groups is 4. The topological polar surface area (TPSA) is 114 Å². The van der Waals surface area contributed by atoms with Gasteiger partial charge in [0.15, 0.2) is 18.2 Å². The molecule has 3 amide bonds. The van der Waals surface area contributed by atoms with Gasteiger partial charge < -0.3 is 20.7 Å². The molecule has 0 saturated heterocycles. The lowest BCUT2D eigenvalue weighted by Gasteiger charge is -2.27. The van der Waals surface area contributed by atoms with Gasteiger partial charge in [-0.2, -0.15) is 8.78 Å². The smallest absolute Gasteiger partial charge is 0.383 e. The van der Waals surface area contributed by atoms with Gasteiger partial charge in [-0.15, -0.1) is 0 Å². The van der Waals surface area contributed by atoms with Crippen LogP contribution in [0.4, 0.5) is 17.6 Å². The number of hydrogen-bond acceptors (Lipinski definition) is 5. The lowest BCUT2D eigenvalue weighted by molar-refractivity contribution is -0.161. The number of nitrogens with one attached hydrogen (secondary N) is 3. The molecule has 0 aromatic heterocycles. The standard InChI is InChI=1S/C28H31Cl2F4N3O5/c1-14(2)12-35-27(41)28(33,34)25(39)24(15(3)4)37-26(40)22(8-16-5-6-20(31)21(32)7-16)36-23(38)13-42-19-10-17(29)9-18(30)11-19/h5-7,9-11,14-15,22,24H,8,12-13H2,1-4H3,(H,35,41)(H,36,38)(H,37,40)/t22-,24-/m0/s1. The van der Waals surface area contributed by atoms with Crippen LogP contribution < -0.4 is 20.7 Å². The van der Waals surface area contributed by atoms with Crippen molar-refractivity contribution in [1.82, 2.24) is 16.0 Å². The normalized spacial score (nSPS) is 13.0. The molecule has 0 unspecified atom stereocenters. The molecule has 0 heterocycles. The molecule has 42 heavy (non-hydrogen) atoms. The predicted octanol–water partition coefficient (Wildman–Crippen LogP) is 4.50. The molecule has 0 fully saturated rings. The number of rotatable bonds is 14. The molecule has 230 valence electrons. The Morgan fingerprint density at radius 3 is 2.07 bits per heavy atom. The van der Waals surface area contributed by atoms with Crippen molar-refractivity contribution in [3.05, 3.63) is 63.6 Å². The Hall–Kier alpha value is -3.38. The minimum Gasteiger partial charge on any atom is -0.484 e. The van der Waals surface area contributed by atoms with Crippen LogP contribution in [-0.2, 0) is 25.6 Å². The average molecular weight is 636 g/mol. The van der Waals surface area contributed by atoms with E-state index in [4.69, 9.17) is 27.9 Å². The van der Waals surface area contributed by atoms with E-state index < -0.39 is 72.1 Å². The van der Waals surface area contributed by atoms with Crippen molar-refractivity contribution < 1.29 is 41.5 Å². The molecule has 0 bridgehead atoms. The maximum atomic E-state index is 14.8. The number of Topliss-reactive ketones (excluding diaryl/α,β-unsaturated/α-hetero) is 1. The SMILES string of the molecule is CC(C)CNC(=O)C(F)(F)C(=O)[C@@H](NC(=O)[C@H](Cc1ccc(F)c(F)c1)NC(=O)COc1cc(Cl)cc(Cl)c1)C(C)C. The fraction of sp³-hybridized carbons (Fsp3) is 0.429. The van der Waals surface area contributed by atoms with E-state index in [0.29, 0.717) is 0 Å². The zero-order valence-corrected chi connectivity index (χ0v) is 24.7. The summed E-state index contributed by atoms with van der Waals surface area (Å²) < 4.78 is 62.2. The molecule has 3 N–H and O–H groups in total. The first-order valence-corrected chi connectivity index (χ1v) is 13.6. The number of ether oxygens (including phenoxy) is 1. The van der Waals surface area contributed by atoms with Crippen molar-refractivity contribution >= 4 is 46.7 Å². The molecule has 0 spiro atoms. The second-order valence-corrected chi connectivity index (χ2v) is 11.1. The Morgan fingerprint density at radius 2 is 1.52 bits per heavy atom. The Morgan fingerprint density at radius 1 is 0.905 bits per heavy atom. The number of alkyl halides is 2. The van der Waals surface area contributed by atoms with Crippen molar-refractivity contribution in [2.24, 2.45) is 11.8 Å². The zero-order valence-electron chi connectivity index (χ0n) is 23.2. The molecule has 0 aliphatic rings. The Bertz CT molecular complexity index is 1290. The van der Waals surface area contributed by atoms with Gasteiger partial charge in [0.1, 0.15) is 11.8 Å². The van der Waals surface area contributed by atoms with Crippen LogP contribution in [-0.4, -0.2) is 54.7 Å². The molecule has 0 radical (unpaired) electrons. The van der Waals surface area contributed by atoms with E-state index in [1.807, 2.05) is 5.32 Å². The van der Waals surface area contributed by atoms with Gasteiger partial charge in [-0.3, -0.25) is 19.2 Å². The third-order valence-corrected chi connectivity index (χ3v) is 6.23. The molecular formula is C28H31Cl2F4N3O5. The lowest BCUT2D eigenvalue weighted by Crippen LogP contribution is -2.59. The first-order valence-electron chi connectivity index (χ1n) is 12.8. The van der Waals surface area contributed by atoms with Gasteiger partial charge in [-0.1, -0.05) is 57.0 Å². The Kier molecular flexibility index (Phi) is 12.6. The fourth-order valence-corrected chi connectivity index (χ4v) is 4.12. The molecule has 0 aliphatic heterocycles. The van der Waals surface area contributed by atoms with E-state index in [2.05, 4.69) is 10.6 Å². The van der Waals surface area contributed by atoms with Crippen LogP contribution in [0.3, 0.4) is 0 Å². The van der Waals surface area contributed by atoms with Crippen LogP contribution in [0, 0.1) is 23.5 Å². The van der Waals surface area contributed by atoms with Gasteiger partial charge in [-0.25, -0.2) is 8.78 Å². The van der Waals surface area contributed by atoms with E-state index in [-0.39, 0.29) is 33.8 Å².